The summed E-state index contributed by atoms with van der Waals surface area (Å²) in [5.41, 5.74) is 0.559. The lowest BCUT2D eigenvalue weighted by atomic mass is 10.1. The van der Waals surface area contributed by atoms with E-state index < -0.39 is 5.38 Å². The number of hydrogen-bond donors (Lipinski definition) is 0. The van der Waals surface area contributed by atoms with Crippen molar-refractivity contribution in [2.45, 2.75) is 12.3 Å². The number of benzene rings is 1. The number of halogens is 3. The fourth-order valence-electron chi connectivity index (χ4n) is 0.928. The molecular weight excluding hydrogens is 230 g/mol. The average Bonchev–Trinajstić information content (AvgIpc) is 2.08. The number of carbonyl (C=O) groups excluding carboxylic acids is 1. The van der Waals surface area contributed by atoms with Crippen molar-refractivity contribution in [3.05, 3.63) is 33.8 Å². The second-order valence-corrected chi connectivity index (χ2v) is 3.92. The van der Waals surface area contributed by atoms with E-state index in [0.29, 0.717) is 15.6 Å². The molecule has 1 aromatic rings. The molecule has 0 saturated heterocycles. The topological polar surface area (TPSA) is 17.1 Å². The summed E-state index contributed by atoms with van der Waals surface area (Å²) in [7, 11) is 0. The number of rotatable bonds is 2. The molecule has 1 unspecified atom stereocenters. The van der Waals surface area contributed by atoms with E-state index in [0.717, 1.165) is 0 Å². The van der Waals surface area contributed by atoms with Crippen LogP contribution in [0.4, 0.5) is 0 Å². The molecule has 0 amide bonds. The van der Waals surface area contributed by atoms with Gasteiger partial charge in [-0.2, -0.15) is 0 Å². The Hall–Kier alpha value is -0.240. The molecule has 13 heavy (non-hydrogen) atoms. The van der Waals surface area contributed by atoms with Crippen LogP contribution in [0.1, 0.15) is 17.9 Å². The highest BCUT2D eigenvalue weighted by molar-refractivity contribution is 6.37. The van der Waals surface area contributed by atoms with Crippen LogP contribution in [0.5, 0.6) is 0 Å². The SMILES string of the molecule is CC(=O)C(Cl)c1cc(Cl)ccc1Cl. The summed E-state index contributed by atoms with van der Waals surface area (Å²) in [6.45, 7) is 1.41. The molecule has 0 bridgehead atoms. The third-order valence-corrected chi connectivity index (χ3v) is 2.71. The monoisotopic (exact) mass is 236 g/mol. The molecule has 1 rings (SSSR count). The molecule has 1 nitrogen and oxygen atoms in total. The fraction of sp³-hybridized carbons (Fsp3) is 0.222. The minimum atomic E-state index is -0.716. The van der Waals surface area contributed by atoms with Crippen molar-refractivity contribution < 1.29 is 4.79 Å². The van der Waals surface area contributed by atoms with E-state index in [1.165, 1.54) is 6.92 Å². The highest BCUT2D eigenvalue weighted by Crippen LogP contribution is 2.30. The van der Waals surface area contributed by atoms with E-state index in [-0.39, 0.29) is 5.78 Å². The second kappa shape index (κ2) is 4.32. The second-order valence-electron chi connectivity index (χ2n) is 2.64. The van der Waals surface area contributed by atoms with Crippen LogP contribution < -0.4 is 0 Å². The lowest BCUT2D eigenvalue weighted by Crippen LogP contribution is -2.02. The number of hydrogen-bond acceptors (Lipinski definition) is 1. The third-order valence-electron chi connectivity index (χ3n) is 1.59. The van der Waals surface area contributed by atoms with Gasteiger partial charge in [-0.05, 0) is 30.7 Å². The van der Waals surface area contributed by atoms with E-state index in [1.807, 2.05) is 0 Å². The van der Waals surface area contributed by atoms with Gasteiger partial charge in [0.1, 0.15) is 5.38 Å². The Morgan fingerprint density at radius 1 is 1.38 bits per heavy atom. The van der Waals surface area contributed by atoms with E-state index in [4.69, 9.17) is 34.8 Å². The molecule has 0 spiro atoms. The van der Waals surface area contributed by atoms with E-state index >= 15 is 0 Å². The van der Waals surface area contributed by atoms with Crippen molar-refractivity contribution in [1.82, 2.24) is 0 Å². The van der Waals surface area contributed by atoms with Crippen molar-refractivity contribution in [2.24, 2.45) is 0 Å². The van der Waals surface area contributed by atoms with Crippen molar-refractivity contribution >= 4 is 40.6 Å². The van der Waals surface area contributed by atoms with Gasteiger partial charge in [0.25, 0.3) is 0 Å². The van der Waals surface area contributed by atoms with Crippen LogP contribution in [-0.2, 0) is 4.79 Å². The zero-order valence-electron chi connectivity index (χ0n) is 6.85. The molecule has 70 valence electrons. The van der Waals surface area contributed by atoms with Gasteiger partial charge in [0.15, 0.2) is 5.78 Å². The predicted molar refractivity (Wildman–Crippen MR) is 55.7 cm³/mol. The molecule has 4 heteroatoms. The predicted octanol–water partition coefficient (Wildman–Crippen LogP) is 3.86. The van der Waals surface area contributed by atoms with Crippen LogP contribution in [0.3, 0.4) is 0 Å². The number of alkyl halides is 1. The van der Waals surface area contributed by atoms with Gasteiger partial charge in [-0.15, -0.1) is 11.6 Å². The quantitative estimate of drug-likeness (QED) is 0.714. The molecule has 0 aliphatic heterocycles. The maximum Gasteiger partial charge on any atom is 0.152 e. The van der Waals surface area contributed by atoms with Crippen LogP contribution >= 0.6 is 34.8 Å². The summed E-state index contributed by atoms with van der Waals surface area (Å²) in [5.74, 6) is -0.147. The van der Waals surface area contributed by atoms with Gasteiger partial charge in [0, 0.05) is 10.0 Å². The normalized spacial score (nSPS) is 12.6. The van der Waals surface area contributed by atoms with E-state index in [1.54, 1.807) is 18.2 Å². The van der Waals surface area contributed by atoms with Crippen molar-refractivity contribution in [2.75, 3.05) is 0 Å². The molecule has 1 atom stereocenters. The first-order chi connectivity index (χ1) is 6.02. The van der Waals surface area contributed by atoms with Gasteiger partial charge >= 0.3 is 0 Å². The molecule has 0 radical (unpaired) electrons. The average molecular weight is 238 g/mol. The van der Waals surface area contributed by atoms with Crippen molar-refractivity contribution in [3.63, 3.8) is 0 Å². The van der Waals surface area contributed by atoms with Gasteiger partial charge in [-0.25, -0.2) is 0 Å². The molecule has 0 heterocycles. The van der Waals surface area contributed by atoms with Crippen LogP contribution in [0, 0.1) is 0 Å². The van der Waals surface area contributed by atoms with Crippen LogP contribution in [0.2, 0.25) is 10.0 Å². The Bertz CT molecular complexity index is 336. The maximum atomic E-state index is 11.0. The largest absolute Gasteiger partial charge is 0.298 e. The zero-order chi connectivity index (χ0) is 10.0. The standard InChI is InChI=1S/C9H7Cl3O/c1-5(13)9(12)7-4-6(10)2-3-8(7)11/h2-4,9H,1H3. The lowest BCUT2D eigenvalue weighted by Gasteiger charge is -2.08. The first kappa shape index (κ1) is 10.8. The van der Waals surface area contributed by atoms with Crippen LogP contribution in [0.15, 0.2) is 18.2 Å². The minimum absolute atomic E-state index is 0.147. The van der Waals surface area contributed by atoms with Gasteiger partial charge in [-0.3, -0.25) is 4.79 Å². The number of ketones is 1. The summed E-state index contributed by atoms with van der Waals surface area (Å²) in [6, 6.07) is 4.87. The smallest absolute Gasteiger partial charge is 0.152 e. The summed E-state index contributed by atoms with van der Waals surface area (Å²) >= 11 is 17.4. The fourth-order valence-corrected chi connectivity index (χ4v) is 1.57. The van der Waals surface area contributed by atoms with Gasteiger partial charge in [-0.1, -0.05) is 23.2 Å². The van der Waals surface area contributed by atoms with Gasteiger partial charge in [0.2, 0.25) is 0 Å². The number of carbonyl (C=O) groups is 1. The lowest BCUT2D eigenvalue weighted by molar-refractivity contribution is -0.116. The molecule has 0 fully saturated rings. The zero-order valence-corrected chi connectivity index (χ0v) is 9.12. The number of Topliss-reactive ketones (excluding diaryl/α,β-unsaturated/α-hetero) is 1. The summed E-state index contributed by atoms with van der Waals surface area (Å²) in [5, 5.41) is 0.261. The molecule has 0 saturated carbocycles. The molecule has 1 aromatic carbocycles. The van der Waals surface area contributed by atoms with E-state index in [9.17, 15) is 4.79 Å². The molecule has 0 aliphatic carbocycles. The minimum Gasteiger partial charge on any atom is -0.298 e. The van der Waals surface area contributed by atoms with Crippen molar-refractivity contribution in [1.29, 1.82) is 0 Å². The Labute approximate surface area is 91.6 Å². The Morgan fingerprint density at radius 2 is 2.00 bits per heavy atom. The molecule has 0 aliphatic rings. The Kier molecular flexibility index (Phi) is 3.60. The molecular formula is C9H7Cl3O. The molecule has 0 N–H and O–H groups in total. The van der Waals surface area contributed by atoms with Crippen molar-refractivity contribution in [3.8, 4) is 0 Å². The highest BCUT2D eigenvalue weighted by atomic mass is 35.5. The van der Waals surface area contributed by atoms with Gasteiger partial charge in [0.05, 0.1) is 0 Å². The Balaban J connectivity index is 3.12. The molecule has 0 aromatic heterocycles. The van der Waals surface area contributed by atoms with E-state index in [2.05, 4.69) is 0 Å². The summed E-state index contributed by atoms with van der Waals surface area (Å²) < 4.78 is 0. The first-order valence-corrected chi connectivity index (χ1v) is 4.81. The summed E-state index contributed by atoms with van der Waals surface area (Å²) in [6.07, 6.45) is 0. The Morgan fingerprint density at radius 3 is 2.54 bits per heavy atom. The summed E-state index contributed by atoms with van der Waals surface area (Å²) in [4.78, 5) is 11.0. The third kappa shape index (κ3) is 2.60. The highest BCUT2D eigenvalue weighted by Gasteiger charge is 2.16. The first-order valence-electron chi connectivity index (χ1n) is 3.62. The maximum absolute atomic E-state index is 11.0. The van der Waals surface area contributed by atoms with Crippen LogP contribution in [0.25, 0.3) is 0 Å². The van der Waals surface area contributed by atoms with Crippen LogP contribution in [-0.4, -0.2) is 5.78 Å². The van der Waals surface area contributed by atoms with Gasteiger partial charge < -0.3 is 0 Å².